The molecule has 0 aliphatic rings. The minimum atomic E-state index is -0.983. The first-order valence-corrected chi connectivity index (χ1v) is 5.48. The fraction of sp³-hybridized carbons (Fsp3) is 0.231. The highest BCUT2D eigenvalue weighted by atomic mass is 19.1. The third kappa shape index (κ3) is 2.87. The number of hydrogen-bond donors (Lipinski definition) is 1. The molecular weight excluding hydrogens is 238 g/mol. The minimum Gasteiger partial charge on any atom is -0.386 e. The van der Waals surface area contributed by atoms with E-state index in [0.29, 0.717) is 11.5 Å². The topological polar surface area (TPSA) is 46.0 Å². The summed E-state index contributed by atoms with van der Waals surface area (Å²) in [5.41, 5.74) is 0.518. The molecule has 5 heteroatoms. The lowest BCUT2D eigenvalue weighted by molar-refractivity contribution is 0.172. The van der Waals surface area contributed by atoms with E-state index in [2.05, 4.69) is 9.97 Å². The molecule has 1 N–H and O–H groups in total. The number of aryl methyl sites for hydroxylation is 1. The first kappa shape index (κ1) is 12.6. The van der Waals surface area contributed by atoms with Crippen LogP contribution in [-0.2, 0) is 6.42 Å². The number of benzene rings is 1. The van der Waals surface area contributed by atoms with E-state index in [-0.39, 0.29) is 12.0 Å². The quantitative estimate of drug-likeness (QED) is 0.909. The number of hydrogen-bond acceptors (Lipinski definition) is 3. The third-order valence-electron chi connectivity index (χ3n) is 2.56. The molecule has 1 unspecified atom stereocenters. The van der Waals surface area contributed by atoms with Crippen LogP contribution in [0.5, 0.6) is 0 Å². The Morgan fingerprint density at radius 1 is 1.28 bits per heavy atom. The molecule has 0 saturated carbocycles. The average molecular weight is 250 g/mol. The van der Waals surface area contributed by atoms with E-state index in [1.54, 1.807) is 13.0 Å². The van der Waals surface area contributed by atoms with Gasteiger partial charge < -0.3 is 5.11 Å². The predicted octanol–water partition coefficient (Wildman–Crippen LogP) is 2.34. The SMILES string of the molecule is Cc1nccc(C(O)Cc2cc(F)ccc2F)n1. The molecule has 1 atom stereocenters. The van der Waals surface area contributed by atoms with Crippen LogP contribution < -0.4 is 0 Å². The second-order valence-electron chi connectivity index (χ2n) is 3.98. The number of nitrogens with zero attached hydrogens (tertiary/aromatic N) is 2. The van der Waals surface area contributed by atoms with Crippen LogP contribution in [0.3, 0.4) is 0 Å². The molecule has 94 valence electrons. The van der Waals surface area contributed by atoms with Gasteiger partial charge in [-0.25, -0.2) is 18.7 Å². The normalized spacial score (nSPS) is 12.4. The molecule has 2 aromatic rings. The van der Waals surface area contributed by atoms with Crippen molar-refractivity contribution >= 4 is 0 Å². The average Bonchev–Trinajstić information content (AvgIpc) is 2.34. The van der Waals surface area contributed by atoms with Crippen molar-refractivity contribution in [3.63, 3.8) is 0 Å². The smallest absolute Gasteiger partial charge is 0.126 e. The summed E-state index contributed by atoms with van der Waals surface area (Å²) < 4.78 is 26.4. The van der Waals surface area contributed by atoms with Crippen LogP contribution in [0, 0.1) is 18.6 Å². The molecule has 0 amide bonds. The van der Waals surface area contributed by atoms with Crippen molar-refractivity contribution in [1.82, 2.24) is 9.97 Å². The highest BCUT2D eigenvalue weighted by Crippen LogP contribution is 2.19. The van der Waals surface area contributed by atoms with E-state index < -0.39 is 17.7 Å². The van der Waals surface area contributed by atoms with E-state index in [1.807, 2.05) is 0 Å². The Hall–Kier alpha value is -1.88. The molecule has 18 heavy (non-hydrogen) atoms. The Labute approximate surface area is 103 Å². The second-order valence-corrected chi connectivity index (χ2v) is 3.98. The van der Waals surface area contributed by atoms with Crippen LogP contribution in [-0.4, -0.2) is 15.1 Å². The van der Waals surface area contributed by atoms with Crippen molar-refractivity contribution in [3.8, 4) is 0 Å². The Balaban J connectivity index is 2.21. The standard InChI is InChI=1S/C13H12F2N2O/c1-8-16-5-4-12(17-8)13(18)7-9-6-10(14)2-3-11(9)15/h2-6,13,18H,7H2,1H3. The molecule has 0 spiro atoms. The van der Waals surface area contributed by atoms with Gasteiger partial charge in [-0.1, -0.05) is 0 Å². The zero-order chi connectivity index (χ0) is 13.1. The van der Waals surface area contributed by atoms with Gasteiger partial charge in [0.05, 0.1) is 5.69 Å². The Kier molecular flexibility index (Phi) is 3.62. The van der Waals surface area contributed by atoms with Crippen LogP contribution in [0.15, 0.2) is 30.5 Å². The van der Waals surface area contributed by atoms with Crippen molar-refractivity contribution in [2.75, 3.05) is 0 Å². The summed E-state index contributed by atoms with van der Waals surface area (Å²) >= 11 is 0. The van der Waals surface area contributed by atoms with Gasteiger partial charge in [-0.2, -0.15) is 0 Å². The molecule has 1 aromatic carbocycles. The third-order valence-corrected chi connectivity index (χ3v) is 2.56. The van der Waals surface area contributed by atoms with Crippen LogP contribution in [0.4, 0.5) is 8.78 Å². The van der Waals surface area contributed by atoms with E-state index in [0.717, 1.165) is 18.2 Å². The van der Waals surface area contributed by atoms with Gasteiger partial charge in [-0.15, -0.1) is 0 Å². The molecule has 0 aliphatic carbocycles. The molecular formula is C13H12F2N2O. The fourth-order valence-corrected chi connectivity index (χ4v) is 1.67. The lowest BCUT2D eigenvalue weighted by Crippen LogP contribution is -2.07. The summed E-state index contributed by atoms with van der Waals surface area (Å²) in [4.78, 5) is 7.95. The Morgan fingerprint density at radius 2 is 2.06 bits per heavy atom. The number of halogens is 2. The summed E-state index contributed by atoms with van der Waals surface area (Å²) in [5.74, 6) is -0.551. The molecule has 0 radical (unpaired) electrons. The highest BCUT2D eigenvalue weighted by molar-refractivity contribution is 5.21. The van der Waals surface area contributed by atoms with Gasteiger partial charge in [-0.3, -0.25) is 0 Å². The number of aliphatic hydroxyl groups excluding tert-OH is 1. The molecule has 0 fully saturated rings. The van der Waals surface area contributed by atoms with Gasteiger partial charge in [-0.05, 0) is 36.8 Å². The molecule has 3 nitrogen and oxygen atoms in total. The lowest BCUT2D eigenvalue weighted by Gasteiger charge is -2.11. The number of rotatable bonds is 3. The Bertz CT molecular complexity index is 560. The van der Waals surface area contributed by atoms with Crippen LogP contribution >= 0.6 is 0 Å². The maximum absolute atomic E-state index is 13.4. The maximum Gasteiger partial charge on any atom is 0.126 e. The van der Waals surface area contributed by atoms with Crippen molar-refractivity contribution in [3.05, 3.63) is 59.2 Å². The van der Waals surface area contributed by atoms with Gasteiger partial charge in [0, 0.05) is 12.6 Å². The summed E-state index contributed by atoms with van der Waals surface area (Å²) in [6.07, 6.45) is 0.506. The van der Waals surface area contributed by atoms with Crippen molar-refractivity contribution < 1.29 is 13.9 Å². The predicted molar refractivity (Wildman–Crippen MR) is 61.8 cm³/mol. The summed E-state index contributed by atoms with van der Waals surface area (Å²) in [6.45, 7) is 1.69. The van der Waals surface area contributed by atoms with Gasteiger partial charge in [0.25, 0.3) is 0 Å². The van der Waals surface area contributed by atoms with E-state index in [4.69, 9.17) is 0 Å². The first-order valence-electron chi connectivity index (χ1n) is 5.48. The second kappa shape index (κ2) is 5.18. The number of aliphatic hydroxyl groups is 1. The molecule has 0 aliphatic heterocycles. The van der Waals surface area contributed by atoms with E-state index in [9.17, 15) is 13.9 Å². The van der Waals surface area contributed by atoms with Gasteiger partial charge in [0.2, 0.25) is 0 Å². The van der Waals surface area contributed by atoms with E-state index in [1.165, 1.54) is 6.20 Å². The van der Waals surface area contributed by atoms with Gasteiger partial charge in [0.15, 0.2) is 0 Å². The van der Waals surface area contributed by atoms with Crippen LogP contribution in [0.1, 0.15) is 23.2 Å². The summed E-state index contributed by atoms with van der Waals surface area (Å²) in [7, 11) is 0. The fourth-order valence-electron chi connectivity index (χ4n) is 1.67. The molecule has 2 rings (SSSR count). The van der Waals surface area contributed by atoms with Crippen LogP contribution in [0.25, 0.3) is 0 Å². The van der Waals surface area contributed by atoms with Gasteiger partial charge >= 0.3 is 0 Å². The van der Waals surface area contributed by atoms with Crippen molar-refractivity contribution in [1.29, 1.82) is 0 Å². The molecule has 0 saturated heterocycles. The summed E-state index contributed by atoms with van der Waals surface area (Å²) in [5, 5.41) is 9.93. The highest BCUT2D eigenvalue weighted by Gasteiger charge is 2.14. The van der Waals surface area contributed by atoms with Crippen LogP contribution in [0.2, 0.25) is 0 Å². The number of aromatic nitrogens is 2. The molecule has 1 aromatic heterocycles. The van der Waals surface area contributed by atoms with Gasteiger partial charge in [0.1, 0.15) is 23.6 Å². The van der Waals surface area contributed by atoms with E-state index >= 15 is 0 Å². The van der Waals surface area contributed by atoms with Crippen molar-refractivity contribution in [2.24, 2.45) is 0 Å². The molecule has 0 bridgehead atoms. The first-order chi connectivity index (χ1) is 8.56. The zero-order valence-corrected chi connectivity index (χ0v) is 9.77. The largest absolute Gasteiger partial charge is 0.386 e. The Morgan fingerprint density at radius 3 is 2.78 bits per heavy atom. The zero-order valence-electron chi connectivity index (χ0n) is 9.77. The monoisotopic (exact) mass is 250 g/mol. The molecule has 1 heterocycles. The minimum absolute atomic E-state index is 0.0277. The summed E-state index contributed by atoms with van der Waals surface area (Å²) in [6, 6.07) is 4.71. The lowest BCUT2D eigenvalue weighted by atomic mass is 10.0. The maximum atomic E-state index is 13.4. The van der Waals surface area contributed by atoms with Crippen molar-refractivity contribution in [2.45, 2.75) is 19.4 Å².